The third kappa shape index (κ3) is 4.38. The van der Waals surface area contributed by atoms with Gasteiger partial charge in [-0.2, -0.15) is 0 Å². The highest BCUT2D eigenvalue weighted by Gasteiger charge is 2.12. The van der Waals surface area contributed by atoms with Crippen LogP contribution in [0.15, 0.2) is 67.1 Å². The topological polar surface area (TPSA) is 43.2 Å². The molecule has 1 saturated heterocycles. The van der Waals surface area contributed by atoms with E-state index in [1.807, 2.05) is 18.6 Å². The van der Waals surface area contributed by atoms with E-state index in [0.717, 1.165) is 68.2 Å². The van der Waals surface area contributed by atoms with E-state index < -0.39 is 0 Å². The Morgan fingerprint density at radius 3 is 2.68 bits per heavy atom. The van der Waals surface area contributed by atoms with Crippen molar-refractivity contribution in [3.63, 3.8) is 0 Å². The predicted octanol–water partition coefficient (Wildman–Crippen LogP) is 4.80. The summed E-state index contributed by atoms with van der Waals surface area (Å²) in [6.45, 7) is 7.97. The number of ether oxygens (including phenoxy) is 1. The van der Waals surface area contributed by atoms with Gasteiger partial charge in [-0.3, -0.25) is 9.88 Å². The van der Waals surface area contributed by atoms with Crippen LogP contribution in [-0.2, 0) is 11.3 Å². The molecule has 5 heteroatoms. The molecule has 5 nitrogen and oxygen atoms in total. The van der Waals surface area contributed by atoms with Crippen LogP contribution < -0.4 is 0 Å². The molecule has 4 aromatic rings. The normalized spacial score (nSPS) is 14.9. The summed E-state index contributed by atoms with van der Waals surface area (Å²) in [5.41, 5.74) is 7.94. The molecule has 0 amide bonds. The summed E-state index contributed by atoms with van der Waals surface area (Å²) in [4.78, 5) is 11.8. The van der Waals surface area contributed by atoms with Crippen molar-refractivity contribution in [2.24, 2.45) is 0 Å². The number of hydrogen-bond donors (Lipinski definition) is 0. The van der Waals surface area contributed by atoms with Crippen molar-refractivity contribution in [1.29, 1.82) is 0 Å². The lowest BCUT2D eigenvalue weighted by molar-refractivity contribution is 0.0369. The number of imidazole rings is 1. The van der Waals surface area contributed by atoms with Gasteiger partial charge in [0.05, 0.1) is 36.3 Å². The highest BCUT2D eigenvalue weighted by molar-refractivity contribution is 5.87. The Labute approximate surface area is 183 Å². The SMILES string of the molecule is Cc1cccc(-c2ncccc2-c2ccc3ncn(CCCN4CCOCC4)c3c2)c1. The summed E-state index contributed by atoms with van der Waals surface area (Å²) in [6.07, 6.45) is 4.95. The highest BCUT2D eigenvalue weighted by atomic mass is 16.5. The number of benzene rings is 2. The van der Waals surface area contributed by atoms with Gasteiger partial charge >= 0.3 is 0 Å². The Morgan fingerprint density at radius 2 is 1.81 bits per heavy atom. The molecule has 0 bridgehead atoms. The fourth-order valence-electron chi connectivity index (χ4n) is 4.35. The maximum atomic E-state index is 5.45. The second kappa shape index (κ2) is 9.00. The molecule has 0 aliphatic carbocycles. The lowest BCUT2D eigenvalue weighted by Crippen LogP contribution is -2.37. The van der Waals surface area contributed by atoms with Gasteiger partial charge in [0, 0.05) is 43.5 Å². The lowest BCUT2D eigenvalue weighted by Gasteiger charge is -2.26. The fourth-order valence-corrected chi connectivity index (χ4v) is 4.35. The second-order valence-electron chi connectivity index (χ2n) is 8.22. The van der Waals surface area contributed by atoms with Crippen LogP contribution in [0.3, 0.4) is 0 Å². The summed E-state index contributed by atoms with van der Waals surface area (Å²) in [7, 11) is 0. The minimum absolute atomic E-state index is 0.853. The van der Waals surface area contributed by atoms with Crippen LogP contribution >= 0.6 is 0 Å². The first-order valence-electron chi connectivity index (χ1n) is 11.1. The van der Waals surface area contributed by atoms with E-state index >= 15 is 0 Å². The lowest BCUT2D eigenvalue weighted by atomic mass is 9.98. The van der Waals surface area contributed by atoms with Crippen molar-refractivity contribution in [1.82, 2.24) is 19.4 Å². The van der Waals surface area contributed by atoms with Crippen LogP contribution in [0, 0.1) is 6.92 Å². The van der Waals surface area contributed by atoms with Gasteiger partial charge in [0.15, 0.2) is 0 Å². The molecule has 5 rings (SSSR count). The smallest absolute Gasteiger partial charge is 0.0958 e. The Balaban J connectivity index is 1.42. The molecule has 2 aromatic carbocycles. The van der Waals surface area contributed by atoms with Crippen molar-refractivity contribution in [2.45, 2.75) is 19.9 Å². The zero-order valence-electron chi connectivity index (χ0n) is 18.0. The van der Waals surface area contributed by atoms with Crippen LogP contribution in [0.2, 0.25) is 0 Å². The van der Waals surface area contributed by atoms with E-state index in [9.17, 15) is 0 Å². The van der Waals surface area contributed by atoms with Crippen molar-refractivity contribution in [2.75, 3.05) is 32.8 Å². The van der Waals surface area contributed by atoms with Crippen molar-refractivity contribution < 1.29 is 4.74 Å². The number of hydrogen-bond acceptors (Lipinski definition) is 4. The molecule has 0 unspecified atom stereocenters. The van der Waals surface area contributed by atoms with Gasteiger partial charge in [-0.05, 0) is 43.2 Å². The molecule has 158 valence electrons. The van der Waals surface area contributed by atoms with E-state index in [0.29, 0.717) is 0 Å². The highest BCUT2D eigenvalue weighted by Crippen LogP contribution is 2.32. The minimum Gasteiger partial charge on any atom is -0.379 e. The summed E-state index contributed by atoms with van der Waals surface area (Å²) in [6, 6.07) is 19.2. The molecule has 1 aliphatic heterocycles. The second-order valence-corrected chi connectivity index (χ2v) is 8.22. The molecule has 3 heterocycles. The zero-order valence-corrected chi connectivity index (χ0v) is 18.0. The number of nitrogens with zero attached hydrogens (tertiary/aromatic N) is 4. The number of aromatic nitrogens is 3. The Kier molecular flexibility index (Phi) is 5.78. The van der Waals surface area contributed by atoms with E-state index in [4.69, 9.17) is 9.72 Å². The Bertz CT molecular complexity index is 1180. The third-order valence-corrected chi connectivity index (χ3v) is 6.01. The largest absolute Gasteiger partial charge is 0.379 e. The van der Waals surface area contributed by atoms with Gasteiger partial charge in [-0.25, -0.2) is 4.98 Å². The minimum atomic E-state index is 0.853. The Hall–Kier alpha value is -3.02. The molecule has 31 heavy (non-hydrogen) atoms. The molecule has 1 fully saturated rings. The van der Waals surface area contributed by atoms with Crippen molar-refractivity contribution in [3.8, 4) is 22.4 Å². The van der Waals surface area contributed by atoms with Gasteiger partial charge in [0.1, 0.15) is 0 Å². The molecule has 0 radical (unpaired) electrons. The maximum Gasteiger partial charge on any atom is 0.0958 e. The number of pyridine rings is 1. The fraction of sp³-hybridized carbons (Fsp3) is 0.308. The van der Waals surface area contributed by atoms with Crippen LogP contribution in [0.5, 0.6) is 0 Å². The van der Waals surface area contributed by atoms with E-state index in [1.165, 1.54) is 16.6 Å². The van der Waals surface area contributed by atoms with Crippen LogP contribution in [-0.4, -0.2) is 52.3 Å². The van der Waals surface area contributed by atoms with Gasteiger partial charge in [-0.15, -0.1) is 0 Å². The standard InChI is InChI=1S/C26H28N4O/c1-20-5-2-6-22(17-20)26-23(7-3-10-27-26)21-8-9-24-25(18-21)30(19-28-24)12-4-11-29-13-15-31-16-14-29/h2-3,5-10,17-19H,4,11-16H2,1H3. The molecular weight excluding hydrogens is 384 g/mol. The van der Waals surface area contributed by atoms with Gasteiger partial charge in [0.2, 0.25) is 0 Å². The summed E-state index contributed by atoms with van der Waals surface area (Å²) in [5.74, 6) is 0. The average molecular weight is 413 g/mol. The van der Waals surface area contributed by atoms with Gasteiger partial charge < -0.3 is 9.30 Å². The van der Waals surface area contributed by atoms with Crippen molar-refractivity contribution in [3.05, 3.63) is 72.7 Å². The number of fused-ring (bicyclic) bond motifs is 1. The first-order chi connectivity index (χ1) is 15.3. The Morgan fingerprint density at radius 1 is 0.903 bits per heavy atom. The van der Waals surface area contributed by atoms with Crippen LogP contribution in [0.4, 0.5) is 0 Å². The number of morpholine rings is 1. The number of aryl methyl sites for hydroxylation is 2. The zero-order chi connectivity index (χ0) is 21.0. The predicted molar refractivity (Wildman–Crippen MR) is 125 cm³/mol. The molecule has 0 saturated carbocycles. The van der Waals surface area contributed by atoms with Crippen LogP contribution in [0.25, 0.3) is 33.4 Å². The maximum absolute atomic E-state index is 5.45. The average Bonchev–Trinajstić information content (AvgIpc) is 3.22. The van der Waals surface area contributed by atoms with Gasteiger partial charge in [0.25, 0.3) is 0 Å². The molecular formula is C26H28N4O. The first-order valence-corrected chi connectivity index (χ1v) is 11.1. The van der Waals surface area contributed by atoms with Crippen LogP contribution in [0.1, 0.15) is 12.0 Å². The van der Waals surface area contributed by atoms with E-state index in [2.05, 4.69) is 69.9 Å². The monoisotopic (exact) mass is 412 g/mol. The molecule has 0 spiro atoms. The van der Waals surface area contributed by atoms with Gasteiger partial charge in [-0.1, -0.05) is 35.9 Å². The summed E-state index contributed by atoms with van der Waals surface area (Å²) >= 11 is 0. The molecule has 2 aromatic heterocycles. The molecule has 0 atom stereocenters. The van der Waals surface area contributed by atoms with Crippen molar-refractivity contribution >= 4 is 11.0 Å². The summed E-state index contributed by atoms with van der Waals surface area (Å²) < 4.78 is 7.73. The van der Waals surface area contributed by atoms with E-state index in [-0.39, 0.29) is 0 Å². The third-order valence-electron chi connectivity index (χ3n) is 6.01. The molecule has 1 aliphatic rings. The molecule has 0 N–H and O–H groups in total. The number of rotatable bonds is 6. The first kappa shape index (κ1) is 19.9. The summed E-state index contributed by atoms with van der Waals surface area (Å²) in [5, 5.41) is 0. The van der Waals surface area contributed by atoms with E-state index in [1.54, 1.807) is 0 Å². The quantitative estimate of drug-likeness (QED) is 0.456.